The number of aromatic amines is 1. The van der Waals surface area contributed by atoms with Gasteiger partial charge in [0.15, 0.2) is 0 Å². The number of para-hydroxylation sites is 1. The van der Waals surface area contributed by atoms with Crippen molar-refractivity contribution in [2.45, 2.75) is 13.8 Å². The minimum Gasteiger partial charge on any atom is -0.493 e. The van der Waals surface area contributed by atoms with Crippen molar-refractivity contribution in [1.29, 1.82) is 0 Å². The molecule has 0 aliphatic heterocycles. The van der Waals surface area contributed by atoms with Crippen molar-refractivity contribution in [3.63, 3.8) is 0 Å². The highest BCUT2D eigenvalue weighted by atomic mass is 19.1. The van der Waals surface area contributed by atoms with E-state index in [1.165, 1.54) is 12.1 Å². The number of nitrogens with zero attached hydrogens (tertiary/aromatic N) is 2. The standard InChI is InChI=1S/C20H19FN4O2/c1-3-27-19-7-5-4-6-16(19)17-12-18(24-23-17)20(26)25-22-13(2)14-8-10-15(21)11-9-14/h4-12H,3H2,1-2H3,(H,23,24)(H,25,26)/b22-13+. The number of hydrogen-bond donors (Lipinski definition) is 2. The van der Waals surface area contributed by atoms with Gasteiger partial charge in [-0.05, 0) is 49.7 Å². The Kier molecular flexibility index (Phi) is 5.61. The van der Waals surface area contributed by atoms with Gasteiger partial charge in [0.25, 0.3) is 5.91 Å². The van der Waals surface area contributed by atoms with E-state index in [2.05, 4.69) is 20.7 Å². The molecule has 1 aromatic heterocycles. The number of carbonyl (C=O) groups excluding carboxylic acids is 1. The first-order valence-corrected chi connectivity index (χ1v) is 8.46. The van der Waals surface area contributed by atoms with E-state index in [1.807, 2.05) is 31.2 Å². The van der Waals surface area contributed by atoms with E-state index in [-0.39, 0.29) is 11.5 Å². The van der Waals surface area contributed by atoms with Crippen molar-refractivity contribution >= 4 is 11.6 Å². The smallest absolute Gasteiger partial charge is 0.289 e. The number of benzene rings is 2. The fourth-order valence-corrected chi connectivity index (χ4v) is 2.49. The van der Waals surface area contributed by atoms with Crippen molar-refractivity contribution in [3.05, 3.63) is 71.7 Å². The van der Waals surface area contributed by atoms with Gasteiger partial charge in [0.05, 0.1) is 18.0 Å². The van der Waals surface area contributed by atoms with E-state index in [0.29, 0.717) is 29.3 Å². The molecule has 0 saturated heterocycles. The third-order valence-corrected chi connectivity index (χ3v) is 3.87. The van der Waals surface area contributed by atoms with Gasteiger partial charge in [-0.2, -0.15) is 10.2 Å². The molecule has 0 fully saturated rings. The van der Waals surface area contributed by atoms with Crippen LogP contribution in [0.2, 0.25) is 0 Å². The number of hydrogen-bond acceptors (Lipinski definition) is 4. The summed E-state index contributed by atoms with van der Waals surface area (Å²) in [6, 6.07) is 15.0. The first-order chi connectivity index (χ1) is 13.1. The topological polar surface area (TPSA) is 79.4 Å². The lowest BCUT2D eigenvalue weighted by atomic mass is 10.1. The summed E-state index contributed by atoms with van der Waals surface area (Å²) in [4.78, 5) is 12.3. The van der Waals surface area contributed by atoms with Crippen molar-refractivity contribution < 1.29 is 13.9 Å². The number of ether oxygens (including phenoxy) is 1. The molecule has 0 aliphatic rings. The Hall–Kier alpha value is -3.48. The number of carbonyl (C=O) groups is 1. The molecule has 138 valence electrons. The quantitative estimate of drug-likeness (QED) is 0.515. The molecule has 2 aromatic carbocycles. The average molecular weight is 366 g/mol. The van der Waals surface area contributed by atoms with Gasteiger partial charge in [0.1, 0.15) is 17.3 Å². The molecule has 7 heteroatoms. The number of hydrazone groups is 1. The van der Waals surface area contributed by atoms with E-state index >= 15 is 0 Å². The Bertz CT molecular complexity index is 964. The van der Waals surface area contributed by atoms with Crippen LogP contribution in [0.25, 0.3) is 11.3 Å². The Morgan fingerprint density at radius 3 is 2.70 bits per heavy atom. The predicted octanol–water partition coefficient (Wildman–Crippen LogP) is 3.77. The molecule has 0 unspecified atom stereocenters. The fraction of sp³-hybridized carbons (Fsp3) is 0.150. The van der Waals surface area contributed by atoms with Gasteiger partial charge >= 0.3 is 0 Å². The Labute approximate surface area is 156 Å². The molecule has 6 nitrogen and oxygen atoms in total. The summed E-state index contributed by atoms with van der Waals surface area (Å²) in [6.07, 6.45) is 0. The third-order valence-electron chi connectivity index (χ3n) is 3.87. The van der Waals surface area contributed by atoms with Crippen molar-refractivity contribution in [3.8, 4) is 17.0 Å². The zero-order chi connectivity index (χ0) is 19.2. The molecule has 0 saturated carbocycles. The second-order valence-corrected chi connectivity index (χ2v) is 5.74. The lowest BCUT2D eigenvalue weighted by Crippen LogP contribution is -2.19. The zero-order valence-electron chi connectivity index (χ0n) is 15.0. The molecule has 3 rings (SSSR count). The summed E-state index contributed by atoms with van der Waals surface area (Å²) in [6.45, 7) is 4.16. The lowest BCUT2D eigenvalue weighted by Gasteiger charge is -2.07. The van der Waals surface area contributed by atoms with Crippen molar-refractivity contribution in [2.75, 3.05) is 6.61 Å². The summed E-state index contributed by atoms with van der Waals surface area (Å²) >= 11 is 0. The van der Waals surface area contributed by atoms with Crippen LogP contribution in [0.4, 0.5) is 4.39 Å². The maximum absolute atomic E-state index is 13.0. The highest BCUT2D eigenvalue weighted by Gasteiger charge is 2.13. The van der Waals surface area contributed by atoms with Gasteiger partial charge in [0.2, 0.25) is 0 Å². The van der Waals surface area contributed by atoms with E-state index in [4.69, 9.17) is 4.74 Å². The number of halogens is 1. The maximum atomic E-state index is 13.0. The fourth-order valence-electron chi connectivity index (χ4n) is 2.49. The second kappa shape index (κ2) is 8.27. The normalized spacial score (nSPS) is 11.3. The summed E-state index contributed by atoms with van der Waals surface area (Å²) < 4.78 is 18.6. The largest absolute Gasteiger partial charge is 0.493 e. The van der Waals surface area contributed by atoms with Crippen LogP contribution >= 0.6 is 0 Å². The molecule has 1 heterocycles. The summed E-state index contributed by atoms with van der Waals surface area (Å²) in [7, 11) is 0. The van der Waals surface area contributed by atoms with E-state index < -0.39 is 5.91 Å². The van der Waals surface area contributed by atoms with E-state index in [0.717, 1.165) is 5.56 Å². The molecular formula is C20H19FN4O2. The van der Waals surface area contributed by atoms with Gasteiger partial charge in [-0.1, -0.05) is 24.3 Å². The van der Waals surface area contributed by atoms with Gasteiger partial charge in [-0.3, -0.25) is 9.89 Å². The first kappa shape index (κ1) is 18.3. The average Bonchev–Trinajstić information content (AvgIpc) is 3.17. The van der Waals surface area contributed by atoms with E-state index in [9.17, 15) is 9.18 Å². The van der Waals surface area contributed by atoms with Gasteiger partial charge in [0, 0.05) is 5.56 Å². The number of aromatic nitrogens is 2. The Morgan fingerprint density at radius 1 is 1.22 bits per heavy atom. The SMILES string of the molecule is CCOc1ccccc1-c1cc(C(=O)N/N=C(\C)c2ccc(F)cc2)[nH]n1. The van der Waals surface area contributed by atoms with Gasteiger partial charge in [-0.15, -0.1) is 0 Å². The van der Waals surface area contributed by atoms with Gasteiger partial charge in [-0.25, -0.2) is 9.82 Å². The van der Waals surface area contributed by atoms with Crippen LogP contribution in [-0.2, 0) is 0 Å². The monoisotopic (exact) mass is 366 g/mol. The third kappa shape index (κ3) is 4.38. The van der Waals surface area contributed by atoms with Gasteiger partial charge < -0.3 is 4.74 Å². The molecular weight excluding hydrogens is 347 g/mol. The van der Waals surface area contributed by atoms with Crippen molar-refractivity contribution in [2.24, 2.45) is 5.10 Å². The predicted molar refractivity (Wildman–Crippen MR) is 101 cm³/mol. The van der Waals surface area contributed by atoms with Crippen LogP contribution in [0.3, 0.4) is 0 Å². The lowest BCUT2D eigenvalue weighted by molar-refractivity contribution is 0.0950. The number of nitrogens with one attached hydrogen (secondary N) is 2. The molecule has 0 bridgehead atoms. The molecule has 0 aliphatic carbocycles. The highest BCUT2D eigenvalue weighted by molar-refractivity contribution is 6.00. The highest BCUT2D eigenvalue weighted by Crippen LogP contribution is 2.28. The van der Waals surface area contributed by atoms with Crippen LogP contribution < -0.4 is 10.2 Å². The van der Waals surface area contributed by atoms with E-state index in [1.54, 1.807) is 25.1 Å². The number of rotatable bonds is 6. The van der Waals surface area contributed by atoms with Crippen LogP contribution in [0.1, 0.15) is 29.9 Å². The van der Waals surface area contributed by atoms with Crippen LogP contribution in [0.5, 0.6) is 5.75 Å². The summed E-state index contributed by atoms with van der Waals surface area (Å²) in [5.41, 5.74) is 5.41. The molecule has 0 atom stereocenters. The second-order valence-electron chi connectivity index (χ2n) is 5.74. The summed E-state index contributed by atoms with van der Waals surface area (Å²) in [5.74, 6) is -0.0550. The molecule has 0 radical (unpaired) electrons. The summed E-state index contributed by atoms with van der Waals surface area (Å²) in [5, 5.41) is 10.9. The molecule has 1 amide bonds. The molecule has 2 N–H and O–H groups in total. The molecule has 3 aromatic rings. The number of amides is 1. The Morgan fingerprint density at radius 2 is 1.96 bits per heavy atom. The van der Waals surface area contributed by atoms with Crippen LogP contribution in [0.15, 0.2) is 59.7 Å². The van der Waals surface area contributed by atoms with Crippen molar-refractivity contribution in [1.82, 2.24) is 15.6 Å². The molecule has 27 heavy (non-hydrogen) atoms. The minimum absolute atomic E-state index is 0.270. The zero-order valence-corrected chi connectivity index (χ0v) is 15.0. The number of H-pyrrole nitrogens is 1. The first-order valence-electron chi connectivity index (χ1n) is 8.46. The van der Waals surface area contributed by atoms with Crippen LogP contribution in [0, 0.1) is 5.82 Å². The Balaban J connectivity index is 1.74. The molecule has 0 spiro atoms. The van der Waals surface area contributed by atoms with Crippen LogP contribution in [-0.4, -0.2) is 28.4 Å². The minimum atomic E-state index is -0.427. The maximum Gasteiger partial charge on any atom is 0.289 e.